The SMILES string of the molecule is COc1ccccc1N(C)C(C)(C)c1ccccn1. The molecular formula is C16H20N2O. The summed E-state index contributed by atoms with van der Waals surface area (Å²) in [4.78, 5) is 6.66. The molecule has 0 amide bonds. The summed E-state index contributed by atoms with van der Waals surface area (Å²) in [5.74, 6) is 0.869. The fourth-order valence-corrected chi connectivity index (χ4v) is 2.10. The van der Waals surface area contributed by atoms with Gasteiger partial charge in [0.15, 0.2) is 0 Å². The molecule has 0 saturated heterocycles. The normalized spacial score (nSPS) is 11.2. The minimum absolute atomic E-state index is 0.212. The van der Waals surface area contributed by atoms with Gasteiger partial charge >= 0.3 is 0 Å². The zero-order chi connectivity index (χ0) is 13.9. The lowest BCUT2D eigenvalue weighted by Crippen LogP contribution is -2.39. The van der Waals surface area contributed by atoms with E-state index in [0.717, 1.165) is 17.1 Å². The lowest BCUT2D eigenvalue weighted by Gasteiger charge is -2.37. The van der Waals surface area contributed by atoms with Crippen molar-refractivity contribution in [3.05, 3.63) is 54.4 Å². The molecule has 0 spiro atoms. The summed E-state index contributed by atoms with van der Waals surface area (Å²) in [7, 11) is 3.76. The number of rotatable bonds is 4. The monoisotopic (exact) mass is 256 g/mol. The van der Waals surface area contributed by atoms with Gasteiger partial charge in [-0.15, -0.1) is 0 Å². The largest absolute Gasteiger partial charge is 0.495 e. The molecule has 0 fully saturated rings. The Morgan fingerprint density at radius 2 is 1.74 bits per heavy atom. The van der Waals surface area contributed by atoms with Crippen LogP contribution < -0.4 is 9.64 Å². The molecule has 0 unspecified atom stereocenters. The van der Waals surface area contributed by atoms with Gasteiger partial charge in [0.05, 0.1) is 24.0 Å². The molecule has 0 N–H and O–H groups in total. The molecule has 0 atom stereocenters. The van der Waals surface area contributed by atoms with Crippen molar-refractivity contribution in [2.75, 3.05) is 19.1 Å². The highest BCUT2D eigenvalue weighted by molar-refractivity contribution is 5.60. The van der Waals surface area contributed by atoms with Gasteiger partial charge in [-0.25, -0.2) is 0 Å². The van der Waals surface area contributed by atoms with E-state index in [1.54, 1.807) is 7.11 Å². The third kappa shape index (κ3) is 2.55. The number of methoxy groups -OCH3 is 1. The summed E-state index contributed by atoms with van der Waals surface area (Å²) >= 11 is 0. The Morgan fingerprint density at radius 1 is 1.05 bits per heavy atom. The van der Waals surface area contributed by atoms with E-state index in [-0.39, 0.29) is 5.54 Å². The molecule has 3 nitrogen and oxygen atoms in total. The molecule has 0 aliphatic carbocycles. The predicted octanol–water partition coefficient (Wildman–Crippen LogP) is 3.46. The van der Waals surface area contributed by atoms with E-state index in [1.165, 1.54) is 0 Å². The number of pyridine rings is 1. The summed E-state index contributed by atoms with van der Waals surface area (Å²) in [6.07, 6.45) is 1.83. The Labute approximate surface area is 114 Å². The molecule has 0 saturated carbocycles. The predicted molar refractivity (Wildman–Crippen MR) is 78.7 cm³/mol. The third-order valence-corrected chi connectivity index (χ3v) is 3.58. The second kappa shape index (κ2) is 5.31. The molecule has 0 aliphatic rings. The number of hydrogen-bond acceptors (Lipinski definition) is 3. The van der Waals surface area contributed by atoms with Crippen molar-refractivity contribution in [1.29, 1.82) is 0 Å². The van der Waals surface area contributed by atoms with Gasteiger partial charge in [0.1, 0.15) is 5.75 Å². The minimum atomic E-state index is -0.212. The zero-order valence-corrected chi connectivity index (χ0v) is 11.9. The molecule has 100 valence electrons. The van der Waals surface area contributed by atoms with Crippen LogP contribution in [0.5, 0.6) is 5.75 Å². The van der Waals surface area contributed by atoms with Crippen LogP contribution in [0.25, 0.3) is 0 Å². The van der Waals surface area contributed by atoms with Crippen LogP contribution in [0.1, 0.15) is 19.5 Å². The van der Waals surface area contributed by atoms with E-state index in [2.05, 4.69) is 36.8 Å². The standard InChI is InChI=1S/C16H20N2O/c1-16(2,15-11-7-8-12-17-15)18(3)13-9-5-6-10-14(13)19-4/h5-12H,1-4H3. The number of ether oxygens (including phenoxy) is 1. The summed E-state index contributed by atoms with van der Waals surface area (Å²) < 4.78 is 5.44. The Hall–Kier alpha value is -2.03. The van der Waals surface area contributed by atoms with Gasteiger partial charge in [-0.1, -0.05) is 18.2 Å². The first kappa shape index (κ1) is 13.4. The number of anilines is 1. The second-order valence-electron chi connectivity index (χ2n) is 5.00. The van der Waals surface area contributed by atoms with E-state index in [1.807, 2.05) is 42.6 Å². The Balaban J connectivity index is 2.40. The van der Waals surface area contributed by atoms with Crippen molar-refractivity contribution < 1.29 is 4.74 Å². The quantitative estimate of drug-likeness (QED) is 0.837. The zero-order valence-electron chi connectivity index (χ0n) is 11.9. The highest BCUT2D eigenvalue weighted by atomic mass is 16.5. The van der Waals surface area contributed by atoms with E-state index in [4.69, 9.17) is 4.74 Å². The highest BCUT2D eigenvalue weighted by Gasteiger charge is 2.28. The molecule has 1 heterocycles. The van der Waals surface area contributed by atoms with Crippen LogP contribution in [-0.2, 0) is 5.54 Å². The van der Waals surface area contributed by atoms with E-state index >= 15 is 0 Å². The first-order valence-corrected chi connectivity index (χ1v) is 6.35. The van der Waals surface area contributed by atoms with Crippen LogP contribution in [0.2, 0.25) is 0 Å². The molecule has 2 rings (SSSR count). The summed E-state index contributed by atoms with van der Waals surface area (Å²) in [5.41, 5.74) is 1.87. The van der Waals surface area contributed by atoms with Crippen molar-refractivity contribution in [3.63, 3.8) is 0 Å². The Morgan fingerprint density at radius 3 is 2.37 bits per heavy atom. The lowest BCUT2D eigenvalue weighted by atomic mass is 9.97. The Kier molecular flexibility index (Phi) is 3.74. The van der Waals surface area contributed by atoms with Crippen LogP contribution in [-0.4, -0.2) is 19.1 Å². The number of para-hydroxylation sites is 2. The maximum Gasteiger partial charge on any atom is 0.142 e. The van der Waals surface area contributed by atoms with Crippen LogP contribution in [0.15, 0.2) is 48.7 Å². The third-order valence-electron chi connectivity index (χ3n) is 3.58. The molecule has 1 aromatic heterocycles. The maximum atomic E-state index is 5.44. The van der Waals surface area contributed by atoms with E-state index < -0.39 is 0 Å². The van der Waals surface area contributed by atoms with Gasteiger partial charge in [-0.3, -0.25) is 4.98 Å². The van der Waals surface area contributed by atoms with Crippen LogP contribution in [0, 0.1) is 0 Å². The summed E-state index contributed by atoms with van der Waals surface area (Å²) in [6, 6.07) is 14.0. The first-order valence-electron chi connectivity index (χ1n) is 6.35. The van der Waals surface area contributed by atoms with E-state index in [9.17, 15) is 0 Å². The molecular weight excluding hydrogens is 236 g/mol. The number of aromatic nitrogens is 1. The van der Waals surface area contributed by atoms with Crippen LogP contribution in [0.3, 0.4) is 0 Å². The Bertz CT molecular complexity index is 537. The van der Waals surface area contributed by atoms with Gasteiger partial charge in [0.2, 0.25) is 0 Å². The van der Waals surface area contributed by atoms with Gasteiger partial charge in [-0.2, -0.15) is 0 Å². The second-order valence-corrected chi connectivity index (χ2v) is 5.00. The van der Waals surface area contributed by atoms with Crippen molar-refractivity contribution in [2.24, 2.45) is 0 Å². The lowest BCUT2D eigenvalue weighted by molar-refractivity contribution is 0.408. The summed E-state index contributed by atoms with van der Waals surface area (Å²) in [5, 5.41) is 0. The van der Waals surface area contributed by atoms with Crippen LogP contribution in [0.4, 0.5) is 5.69 Å². The molecule has 0 aliphatic heterocycles. The average molecular weight is 256 g/mol. The molecule has 1 aromatic carbocycles. The van der Waals surface area contributed by atoms with Gasteiger partial charge in [-0.05, 0) is 38.1 Å². The van der Waals surface area contributed by atoms with Crippen molar-refractivity contribution in [2.45, 2.75) is 19.4 Å². The first-order chi connectivity index (χ1) is 9.07. The molecule has 0 bridgehead atoms. The summed E-state index contributed by atoms with van der Waals surface area (Å²) in [6.45, 7) is 4.31. The number of nitrogens with zero attached hydrogens (tertiary/aromatic N) is 2. The number of hydrogen-bond donors (Lipinski definition) is 0. The molecule has 0 radical (unpaired) electrons. The van der Waals surface area contributed by atoms with Crippen molar-refractivity contribution >= 4 is 5.69 Å². The smallest absolute Gasteiger partial charge is 0.142 e. The van der Waals surface area contributed by atoms with Gasteiger partial charge < -0.3 is 9.64 Å². The van der Waals surface area contributed by atoms with Crippen LogP contribution >= 0.6 is 0 Å². The minimum Gasteiger partial charge on any atom is -0.495 e. The topological polar surface area (TPSA) is 25.4 Å². The van der Waals surface area contributed by atoms with Gasteiger partial charge in [0.25, 0.3) is 0 Å². The fraction of sp³-hybridized carbons (Fsp3) is 0.312. The van der Waals surface area contributed by atoms with Crippen molar-refractivity contribution in [1.82, 2.24) is 4.98 Å². The number of benzene rings is 1. The highest BCUT2D eigenvalue weighted by Crippen LogP contribution is 2.35. The van der Waals surface area contributed by atoms with Gasteiger partial charge in [0, 0.05) is 13.2 Å². The van der Waals surface area contributed by atoms with Crippen molar-refractivity contribution in [3.8, 4) is 5.75 Å². The molecule has 19 heavy (non-hydrogen) atoms. The molecule has 2 aromatic rings. The maximum absolute atomic E-state index is 5.44. The fourth-order valence-electron chi connectivity index (χ4n) is 2.10. The molecule has 3 heteroatoms. The van der Waals surface area contributed by atoms with E-state index in [0.29, 0.717) is 0 Å². The average Bonchev–Trinajstić information content (AvgIpc) is 2.47.